The van der Waals surface area contributed by atoms with Crippen molar-refractivity contribution >= 4 is 11.5 Å². The number of methoxy groups -OCH3 is 1. The molecule has 4 rings (SSSR count). The minimum atomic E-state index is -4.38. The Morgan fingerprint density at radius 3 is 2.88 bits per heavy atom. The van der Waals surface area contributed by atoms with Crippen LogP contribution in [0.15, 0.2) is 30.3 Å². The summed E-state index contributed by atoms with van der Waals surface area (Å²) in [6.07, 6.45) is -3.37. The number of benzene rings is 1. The number of alkyl halides is 3. The zero-order valence-corrected chi connectivity index (χ0v) is 13.0. The second-order valence-electron chi connectivity index (χ2n) is 6.06. The molecule has 0 amide bonds. The zero-order chi connectivity index (χ0) is 16.9. The Balaban J connectivity index is 1.82. The number of aromatic nitrogens is 1. The van der Waals surface area contributed by atoms with Crippen LogP contribution >= 0.6 is 0 Å². The maximum absolute atomic E-state index is 12.9. The van der Waals surface area contributed by atoms with Crippen LogP contribution in [0.5, 0.6) is 5.75 Å². The summed E-state index contributed by atoms with van der Waals surface area (Å²) in [5, 5.41) is 3.36. The lowest BCUT2D eigenvalue weighted by atomic mass is 10.1. The average molecular weight is 335 g/mol. The molecule has 2 aliphatic rings. The van der Waals surface area contributed by atoms with Crippen LogP contribution < -0.4 is 15.0 Å². The average Bonchev–Trinajstić information content (AvgIpc) is 2.94. The topological polar surface area (TPSA) is 37.4 Å². The van der Waals surface area contributed by atoms with E-state index in [-0.39, 0.29) is 0 Å². The van der Waals surface area contributed by atoms with Crippen molar-refractivity contribution in [1.29, 1.82) is 0 Å². The highest BCUT2D eigenvalue weighted by molar-refractivity contribution is 5.81. The van der Waals surface area contributed by atoms with Crippen LogP contribution in [0.1, 0.15) is 12.0 Å². The molecule has 1 unspecified atom stereocenters. The number of anilines is 2. The summed E-state index contributed by atoms with van der Waals surface area (Å²) in [4.78, 5) is 6.76. The van der Waals surface area contributed by atoms with Crippen LogP contribution in [0, 0.1) is 0 Å². The highest BCUT2D eigenvalue weighted by Gasteiger charge is 2.34. The lowest BCUT2D eigenvalue weighted by molar-refractivity contribution is -0.137. The van der Waals surface area contributed by atoms with Gasteiger partial charge in [0.1, 0.15) is 11.4 Å². The standard InChI is InChI=1S/C17H16F3N3O/c1-24-14-8-13(10-3-2-4-11(7-10)17(18,19)20)22-16-15(14)23-6-5-12(9-23)21-16/h2-4,7-8,12H,5-6,9H2,1H3,(H,21,22). The Morgan fingerprint density at radius 1 is 1.29 bits per heavy atom. The van der Waals surface area contributed by atoms with Crippen molar-refractivity contribution in [3.05, 3.63) is 35.9 Å². The van der Waals surface area contributed by atoms with Gasteiger partial charge in [-0.1, -0.05) is 12.1 Å². The Kier molecular flexibility index (Phi) is 3.33. The van der Waals surface area contributed by atoms with Gasteiger partial charge in [0.2, 0.25) is 0 Å². The number of nitrogens with one attached hydrogen (secondary N) is 1. The Bertz CT molecular complexity index is 791. The number of pyridine rings is 1. The van der Waals surface area contributed by atoms with E-state index in [1.807, 2.05) is 0 Å². The number of rotatable bonds is 2. The first-order chi connectivity index (χ1) is 11.5. The summed E-state index contributed by atoms with van der Waals surface area (Å²) in [5.74, 6) is 1.30. The SMILES string of the molecule is COc1cc(-c2cccc(C(F)(F)F)c2)nc2c1N1CCC(C1)N2. The molecule has 3 heterocycles. The maximum Gasteiger partial charge on any atom is 0.416 e. The van der Waals surface area contributed by atoms with Crippen LogP contribution in [0.25, 0.3) is 11.3 Å². The predicted molar refractivity (Wildman–Crippen MR) is 85.5 cm³/mol. The fraction of sp³-hybridized carbons (Fsp3) is 0.353. The predicted octanol–water partition coefficient (Wildman–Crippen LogP) is 3.78. The van der Waals surface area contributed by atoms with Gasteiger partial charge >= 0.3 is 6.18 Å². The van der Waals surface area contributed by atoms with Crippen molar-refractivity contribution in [2.24, 2.45) is 0 Å². The van der Waals surface area contributed by atoms with Crippen molar-refractivity contribution < 1.29 is 17.9 Å². The highest BCUT2D eigenvalue weighted by atomic mass is 19.4. The number of fused-ring (bicyclic) bond motifs is 4. The molecule has 0 spiro atoms. The quantitative estimate of drug-likeness (QED) is 0.906. The van der Waals surface area contributed by atoms with Gasteiger partial charge in [-0.15, -0.1) is 0 Å². The molecular weight excluding hydrogens is 319 g/mol. The third-order valence-electron chi connectivity index (χ3n) is 4.51. The molecule has 2 aliphatic heterocycles. The summed E-state index contributed by atoms with van der Waals surface area (Å²) >= 11 is 0. The van der Waals surface area contributed by atoms with Crippen molar-refractivity contribution in [2.75, 3.05) is 30.4 Å². The van der Waals surface area contributed by atoms with Crippen molar-refractivity contribution in [3.63, 3.8) is 0 Å². The molecule has 1 aromatic heterocycles. The van der Waals surface area contributed by atoms with E-state index in [0.29, 0.717) is 28.9 Å². The number of hydrogen-bond acceptors (Lipinski definition) is 4. The fourth-order valence-electron chi connectivity index (χ4n) is 3.35. The second kappa shape index (κ2) is 5.29. The smallest absolute Gasteiger partial charge is 0.416 e. The van der Waals surface area contributed by atoms with Gasteiger partial charge in [-0.2, -0.15) is 13.2 Å². The van der Waals surface area contributed by atoms with Crippen LogP contribution in [-0.2, 0) is 6.18 Å². The Labute approximate surface area is 137 Å². The second-order valence-corrected chi connectivity index (χ2v) is 6.06. The van der Waals surface area contributed by atoms with Gasteiger partial charge < -0.3 is 15.0 Å². The van der Waals surface area contributed by atoms with Crippen molar-refractivity contribution in [2.45, 2.75) is 18.6 Å². The summed E-state index contributed by atoms with van der Waals surface area (Å²) in [6, 6.07) is 7.23. The molecule has 1 saturated heterocycles. The van der Waals surface area contributed by atoms with E-state index >= 15 is 0 Å². The van der Waals surface area contributed by atoms with Gasteiger partial charge in [0.15, 0.2) is 5.82 Å². The van der Waals surface area contributed by atoms with Crippen molar-refractivity contribution in [1.82, 2.24) is 4.98 Å². The van der Waals surface area contributed by atoms with E-state index < -0.39 is 11.7 Å². The van der Waals surface area contributed by atoms with Crippen molar-refractivity contribution in [3.8, 4) is 17.0 Å². The minimum Gasteiger partial charge on any atom is -0.494 e. The molecule has 0 aliphatic carbocycles. The molecular formula is C17H16F3N3O. The minimum absolute atomic E-state index is 0.325. The van der Waals surface area contributed by atoms with E-state index in [4.69, 9.17) is 4.74 Å². The molecule has 2 aromatic rings. The normalized spacial score (nSPS) is 19.0. The number of nitrogens with zero attached hydrogens (tertiary/aromatic N) is 2. The molecule has 1 atom stereocenters. The number of halogens is 3. The van der Waals surface area contributed by atoms with Gasteiger partial charge in [-0.05, 0) is 18.6 Å². The number of ether oxygens (including phenoxy) is 1. The molecule has 2 bridgehead atoms. The molecule has 1 aromatic carbocycles. The summed E-state index contributed by atoms with van der Waals surface area (Å²) < 4.78 is 44.3. The van der Waals surface area contributed by atoms with Crippen LogP contribution in [-0.4, -0.2) is 31.2 Å². The van der Waals surface area contributed by atoms with E-state index in [2.05, 4.69) is 15.2 Å². The zero-order valence-electron chi connectivity index (χ0n) is 13.0. The van der Waals surface area contributed by atoms with Gasteiger partial charge in [0.05, 0.1) is 18.4 Å². The maximum atomic E-state index is 12.9. The lowest BCUT2D eigenvalue weighted by Crippen LogP contribution is -2.32. The summed E-state index contributed by atoms with van der Waals surface area (Å²) in [5.41, 5.74) is 1.09. The van der Waals surface area contributed by atoms with Gasteiger partial charge in [-0.25, -0.2) is 4.98 Å². The van der Waals surface area contributed by atoms with Gasteiger partial charge in [0.25, 0.3) is 0 Å². The first-order valence-corrected chi connectivity index (χ1v) is 7.74. The molecule has 0 radical (unpaired) electrons. The summed E-state index contributed by atoms with van der Waals surface area (Å²) in [6.45, 7) is 1.82. The van der Waals surface area contributed by atoms with Gasteiger partial charge in [-0.3, -0.25) is 0 Å². The van der Waals surface area contributed by atoms with Crippen LogP contribution in [0.2, 0.25) is 0 Å². The molecule has 4 nitrogen and oxygen atoms in total. The van der Waals surface area contributed by atoms with Gasteiger partial charge in [0, 0.05) is 30.8 Å². The van der Waals surface area contributed by atoms with E-state index in [1.165, 1.54) is 6.07 Å². The summed E-state index contributed by atoms with van der Waals surface area (Å²) in [7, 11) is 1.56. The largest absolute Gasteiger partial charge is 0.494 e. The number of hydrogen-bond donors (Lipinski definition) is 1. The molecule has 0 saturated carbocycles. The van der Waals surface area contributed by atoms with Crippen LogP contribution in [0.4, 0.5) is 24.7 Å². The molecule has 7 heteroatoms. The Hall–Kier alpha value is -2.44. The first kappa shape index (κ1) is 15.1. The highest BCUT2D eigenvalue weighted by Crippen LogP contribution is 2.43. The molecule has 126 valence electrons. The molecule has 1 fully saturated rings. The van der Waals surface area contributed by atoms with Crippen LogP contribution in [0.3, 0.4) is 0 Å². The first-order valence-electron chi connectivity index (χ1n) is 7.74. The molecule has 24 heavy (non-hydrogen) atoms. The molecule has 1 N–H and O–H groups in total. The van der Waals surface area contributed by atoms with E-state index in [0.717, 1.165) is 37.3 Å². The Morgan fingerprint density at radius 2 is 2.12 bits per heavy atom. The lowest BCUT2D eigenvalue weighted by Gasteiger charge is -2.29. The van der Waals surface area contributed by atoms with E-state index in [1.54, 1.807) is 19.2 Å². The third-order valence-corrected chi connectivity index (χ3v) is 4.51. The third kappa shape index (κ3) is 2.44. The monoisotopic (exact) mass is 335 g/mol. The van der Waals surface area contributed by atoms with E-state index in [9.17, 15) is 13.2 Å². The fourth-order valence-corrected chi connectivity index (χ4v) is 3.35.